The first kappa shape index (κ1) is 23.0. The molecule has 1 aliphatic rings. The molecule has 0 spiro atoms. The number of amides is 1. The zero-order valence-electron chi connectivity index (χ0n) is 17.0. The minimum absolute atomic E-state index is 0.0461. The molecular formula is C22H25BrN2O3S2. The second-order valence-corrected chi connectivity index (χ2v) is 11.2. The molecule has 0 aliphatic carbocycles. The molecule has 2 aromatic rings. The molecular weight excluding hydrogens is 484 g/mol. The van der Waals surface area contributed by atoms with Crippen LogP contribution in [0, 0.1) is 0 Å². The molecule has 0 bridgehead atoms. The van der Waals surface area contributed by atoms with Crippen LogP contribution in [0.3, 0.4) is 0 Å². The Morgan fingerprint density at radius 1 is 1.17 bits per heavy atom. The largest absolute Gasteiger partial charge is 0.490 e. The summed E-state index contributed by atoms with van der Waals surface area (Å²) in [6, 6.07) is 13.6. The molecule has 30 heavy (non-hydrogen) atoms. The number of thioether (sulfide) groups is 2. The third kappa shape index (κ3) is 6.96. The molecule has 0 saturated carbocycles. The van der Waals surface area contributed by atoms with E-state index >= 15 is 0 Å². The molecule has 2 aromatic carbocycles. The molecule has 0 unspecified atom stereocenters. The van der Waals surface area contributed by atoms with Crippen LogP contribution in [-0.2, 0) is 11.4 Å². The highest BCUT2D eigenvalue weighted by Crippen LogP contribution is 2.45. The maximum atomic E-state index is 12.2. The first-order valence-corrected chi connectivity index (χ1v) is 12.5. The highest BCUT2D eigenvalue weighted by Gasteiger charge is 2.32. The van der Waals surface area contributed by atoms with Gasteiger partial charge in [0.25, 0.3) is 0 Å². The fourth-order valence-corrected chi connectivity index (χ4v) is 6.00. The molecule has 1 heterocycles. The predicted octanol–water partition coefficient (Wildman–Crippen LogP) is 5.46. The molecule has 1 fully saturated rings. The number of hydrogen-bond donors (Lipinski definition) is 1. The number of rotatable bonds is 9. The number of ether oxygens (including phenoxy) is 2. The quantitative estimate of drug-likeness (QED) is 0.359. The second kappa shape index (κ2) is 11.1. The Labute approximate surface area is 194 Å². The Morgan fingerprint density at radius 3 is 2.60 bits per heavy atom. The van der Waals surface area contributed by atoms with Gasteiger partial charge in [0.1, 0.15) is 6.61 Å². The lowest BCUT2D eigenvalue weighted by molar-refractivity contribution is -0.121. The van der Waals surface area contributed by atoms with Gasteiger partial charge in [-0.2, -0.15) is 5.10 Å². The summed E-state index contributed by atoms with van der Waals surface area (Å²) in [4.78, 5) is 12.2. The highest BCUT2D eigenvalue weighted by atomic mass is 79.9. The second-order valence-electron chi connectivity index (χ2n) is 6.86. The van der Waals surface area contributed by atoms with E-state index in [1.165, 1.54) is 0 Å². The summed E-state index contributed by atoms with van der Waals surface area (Å²) in [7, 11) is 0. The van der Waals surface area contributed by atoms with E-state index in [-0.39, 0.29) is 9.99 Å². The Bertz CT molecular complexity index is 884. The summed E-state index contributed by atoms with van der Waals surface area (Å²) in [5.74, 6) is 3.43. The molecule has 0 atom stereocenters. The maximum Gasteiger partial charge on any atom is 0.242 e. The zero-order valence-corrected chi connectivity index (χ0v) is 20.2. The van der Waals surface area contributed by atoms with Crippen LogP contribution < -0.4 is 14.9 Å². The number of benzene rings is 2. The molecule has 160 valence electrons. The van der Waals surface area contributed by atoms with Crippen LogP contribution in [-0.4, -0.2) is 34.3 Å². The number of hydrogen-bond acceptors (Lipinski definition) is 6. The Kier molecular flexibility index (Phi) is 8.53. The van der Waals surface area contributed by atoms with Gasteiger partial charge in [0.15, 0.2) is 11.5 Å². The summed E-state index contributed by atoms with van der Waals surface area (Å²) >= 11 is 7.10. The molecule has 0 radical (unpaired) electrons. The molecule has 0 aromatic heterocycles. The number of nitrogens with zero attached hydrogens (tertiary/aromatic N) is 1. The number of halogens is 1. The van der Waals surface area contributed by atoms with Crippen LogP contribution in [0.15, 0.2) is 52.0 Å². The number of hydrazone groups is 1. The Balaban J connectivity index is 1.58. The fourth-order valence-electron chi connectivity index (χ4n) is 2.90. The van der Waals surface area contributed by atoms with Gasteiger partial charge in [-0.25, -0.2) is 5.43 Å². The molecule has 8 heteroatoms. The van der Waals surface area contributed by atoms with Crippen LogP contribution >= 0.6 is 39.5 Å². The van der Waals surface area contributed by atoms with Crippen molar-refractivity contribution in [1.82, 2.24) is 5.43 Å². The lowest BCUT2D eigenvalue weighted by atomic mass is 10.2. The summed E-state index contributed by atoms with van der Waals surface area (Å²) < 4.78 is 12.7. The monoisotopic (exact) mass is 508 g/mol. The van der Waals surface area contributed by atoms with Crippen LogP contribution in [0.4, 0.5) is 0 Å². The summed E-state index contributed by atoms with van der Waals surface area (Å²) in [6.07, 6.45) is 2.07. The summed E-state index contributed by atoms with van der Waals surface area (Å²) in [6.45, 7) is 5.02. The standard InChI is InChI=1S/C22H25BrN2O3S2/c1-3-27-20-12-17(14-24-25-21(26)13-22(2)29-10-11-30-22)6-9-19(20)28-15-16-4-7-18(23)8-5-16/h4-9,12,14H,3,10-11,13,15H2,1-2H3,(H,25,26)/b24-14-. The lowest BCUT2D eigenvalue weighted by Gasteiger charge is -2.19. The number of nitrogens with one attached hydrogen (secondary N) is 1. The first-order chi connectivity index (χ1) is 14.5. The van der Waals surface area contributed by atoms with Gasteiger partial charge in [0, 0.05) is 16.0 Å². The van der Waals surface area contributed by atoms with Crippen LogP contribution in [0.1, 0.15) is 31.4 Å². The van der Waals surface area contributed by atoms with Gasteiger partial charge in [0.05, 0.1) is 23.3 Å². The van der Waals surface area contributed by atoms with E-state index in [9.17, 15) is 4.79 Å². The smallest absolute Gasteiger partial charge is 0.242 e. The van der Waals surface area contributed by atoms with Gasteiger partial charge in [-0.1, -0.05) is 28.1 Å². The van der Waals surface area contributed by atoms with Gasteiger partial charge < -0.3 is 9.47 Å². The topological polar surface area (TPSA) is 59.9 Å². The summed E-state index contributed by atoms with van der Waals surface area (Å²) in [5.41, 5.74) is 4.52. The molecule has 1 saturated heterocycles. The van der Waals surface area contributed by atoms with E-state index in [2.05, 4.69) is 33.4 Å². The van der Waals surface area contributed by atoms with E-state index in [4.69, 9.17) is 9.47 Å². The minimum atomic E-state index is -0.0740. The van der Waals surface area contributed by atoms with Crippen molar-refractivity contribution in [2.24, 2.45) is 5.10 Å². The van der Waals surface area contributed by atoms with Crippen LogP contribution in [0.25, 0.3) is 0 Å². The SMILES string of the molecule is CCOc1cc(/C=N\NC(=O)CC2(C)SCCS2)ccc1OCc1ccc(Br)cc1. The van der Waals surface area contributed by atoms with E-state index in [1.807, 2.05) is 72.9 Å². The van der Waals surface area contributed by atoms with Crippen molar-refractivity contribution in [3.8, 4) is 11.5 Å². The third-order valence-electron chi connectivity index (χ3n) is 4.36. The maximum absolute atomic E-state index is 12.2. The van der Waals surface area contributed by atoms with E-state index in [0.717, 1.165) is 27.1 Å². The van der Waals surface area contributed by atoms with Crippen molar-refractivity contribution in [2.45, 2.75) is 31.0 Å². The Hall–Kier alpha value is -1.64. The average molecular weight is 509 g/mol. The molecule has 3 rings (SSSR count). The molecule has 5 nitrogen and oxygen atoms in total. The van der Waals surface area contributed by atoms with Gasteiger partial charge in [-0.3, -0.25) is 4.79 Å². The van der Waals surface area contributed by atoms with Crippen molar-refractivity contribution in [3.63, 3.8) is 0 Å². The third-order valence-corrected chi connectivity index (χ3v) is 8.18. The van der Waals surface area contributed by atoms with Crippen molar-refractivity contribution in [2.75, 3.05) is 18.1 Å². The van der Waals surface area contributed by atoms with Crippen LogP contribution in [0.5, 0.6) is 11.5 Å². The van der Waals surface area contributed by atoms with E-state index < -0.39 is 0 Å². The molecule has 1 aliphatic heterocycles. The Morgan fingerprint density at radius 2 is 1.90 bits per heavy atom. The summed E-state index contributed by atoms with van der Waals surface area (Å²) in [5, 5.41) is 4.10. The van der Waals surface area contributed by atoms with Gasteiger partial charge in [-0.05, 0) is 55.3 Å². The van der Waals surface area contributed by atoms with Gasteiger partial charge in [-0.15, -0.1) is 23.5 Å². The van der Waals surface area contributed by atoms with Crippen LogP contribution in [0.2, 0.25) is 0 Å². The van der Waals surface area contributed by atoms with Gasteiger partial charge in [0.2, 0.25) is 5.91 Å². The normalized spacial score (nSPS) is 15.3. The number of carbonyl (C=O) groups excluding carboxylic acids is 1. The fraction of sp³-hybridized carbons (Fsp3) is 0.364. The molecule has 1 amide bonds. The van der Waals surface area contributed by atoms with Gasteiger partial charge >= 0.3 is 0 Å². The first-order valence-electron chi connectivity index (χ1n) is 9.71. The molecule has 1 N–H and O–H groups in total. The van der Waals surface area contributed by atoms with E-state index in [1.54, 1.807) is 6.21 Å². The van der Waals surface area contributed by atoms with Crippen molar-refractivity contribution < 1.29 is 14.3 Å². The average Bonchev–Trinajstić information content (AvgIpc) is 3.14. The predicted molar refractivity (Wildman–Crippen MR) is 130 cm³/mol. The number of carbonyl (C=O) groups is 1. The zero-order chi connectivity index (χ0) is 21.4. The van der Waals surface area contributed by atoms with Crippen molar-refractivity contribution in [1.29, 1.82) is 0 Å². The van der Waals surface area contributed by atoms with E-state index in [0.29, 0.717) is 31.1 Å². The lowest BCUT2D eigenvalue weighted by Crippen LogP contribution is -2.26. The minimum Gasteiger partial charge on any atom is -0.490 e. The van der Waals surface area contributed by atoms with Crippen molar-refractivity contribution >= 4 is 51.6 Å². The highest BCUT2D eigenvalue weighted by molar-refractivity contribution is 9.10. The van der Waals surface area contributed by atoms with Crippen molar-refractivity contribution in [3.05, 3.63) is 58.1 Å².